The van der Waals surface area contributed by atoms with E-state index in [9.17, 15) is 0 Å². The number of hydrogen-bond donors (Lipinski definition) is 2. The lowest BCUT2D eigenvalue weighted by Gasteiger charge is -2.39. The molecule has 1 aliphatic rings. The van der Waals surface area contributed by atoms with Gasteiger partial charge in [-0.3, -0.25) is 4.98 Å². The molecule has 0 amide bonds. The van der Waals surface area contributed by atoms with Crippen LogP contribution in [0.4, 0.5) is 0 Å². The lowest BCUT2D eigenvalue weighted by Crippen LogP contribution is -2.52. The van der Waals surface area contributed by atoms with Crippen molar-refractivity contribution in [3.8, 4) is 0 Å². The Bertz CT molecular complexity index is 321. The molecular weight excluding hydrogens is 198 g/mol. The number of nitrogens with zero attached hydrogens (tertiary/aromatic N) is 1. The molecule has 3 nitrogen and oxygen atoms in total. The van der Waals surface area contributed by atoms with Crippen LogP contribution in [-0.4, -0.2) is 24.1 Å². The number of nitrogens with one attached hydrogen (secondary N) is 2. The summed E-state index contributed by atoms with van der Waals surface area (Å²) >= 11 is 0. The first-order valence-corrected chi connectivity index (χ1v) is 6.01. The van der Waals surface area contributed by atoms with Crippen LogP contribution in [0, 0.1) is 5.41 Å². The fourth-order valence-corrected chi connectivity index (χ4v) is 2.29. The summed E-state index contributed by atoms with van der Waals surface area (Å²) in [6.07, 6.45) is 4.95. The van der Waals surface area contributed by atoms with Crippen LogP contribution >= 0.6 is 0 Å². The first-order chi connectivity index (χ1) is 7.68. The van der Waals surface area contributed by atoms with Crippen LogP contribution in [0.3, 0.4) is 0 Å². The Morgan fingerprint density at radius 1 is 1.56 bits per heavy atom. The van der Waals surface area contributed by atoms with E-state index in [4.69, 9.17) is 0 Å². The highest BCUT2D eigenvalue weighted by Gasteiger charge is 2.31. The summed E-state index contributed by atoms with van der Waals surface area (Å²) in [5.74, 6) is 0. The highest BCUT2D eigenvalue weighted by Crippen LogP contribution is 2.25. The van der Waals surface area contributed by atoms with Crippen LogP contribution in [0.5, 0.6) is 0 Å². The van der Waals surface area contributed by atoms with Crippen LogP contribution < -0.4 is 10.6 Å². The van der Waals surface area contributed by atoms with E-state index in [0.717, 1.165) is 19.6 Å². The third kappa shape index (κ3) is 2.80. The lowest BCUT2D eigenvalue weighted by molar-refractivity contribution is 0.184. The fourth-order valence-electron chi connectivity index (χ4n) is 2.29. The molecular formula is C13H21N3. The predicted octanol–water partition coefficient (Wildman–Crippen LogP) is 1.56. The molecule has 88 valence electrons. The minimum atomic E-state index is 0.334. The molecule has 0 aliphatic carbocycles. The van der Waals surface area contributed by atoms with Gasteiger partial charge < -0.3 is 10.6 Å². The minimum Gasteiger partial charge on any atom is -0.316 e. The summed E-state index contributed by atoms with van der Waals surface area (Å²) in [5.41, 5.74) is 1.59. The molecule has 1 fully saturated rings. The number of rotatable bonds is 3. The van der Waals surface area contributed by atoms with E-state index in [2.05, 4.69) is 35.5 Å². The van der Waals surface area contributed by atoms with Gasteiger partial charge in [-0.2, -0.15) is 0 Å². The number of piperidine rings is 1. The van der Waals surface area contributed by atoms with E-state index in [-0.39, 0.29) is 0 Å². The summed E-state index contributed by atoms with van der Waals surface area (Å²) in [7, 11) is 0. The maximum Gasteiger partial charge on any atom is 0.0312 e. The van der Waals surface area contributed by atoms with Gasteiger partial charge in [0.25, 0.3) is 0 Å². The van der Waals surface area contributed by atoms with Gasteiger partial charge in [0, 0.05) is 31.5 Å². The van der Waals surface area contributed by atoms with Crippen molar-refractivity contribution in [3.63, 3.8) is 0 Å². The van der Waals surface area contributed by atoms with E-state index in [0.29, 0.717) is 11.5 Å². The first-order valence-electron chi connectivity index (χ1n) is 6.01. The summed E-state index contributed by atoms with van der Waals surface area (Å²) in [6, 6.07) is 4.70. The minimum absolute atomic E-state index is 0.334. The highest BCUT2D eigenvalue weighted by atomic mass is 15.0. The standard InChI is InChI=1S/C13H21N3/c1-13(2)10-15-7-5-12(13)16-9-11-4-3-6-14-8-11/h3-4,6,8,12,15-16H,5,7,9-10H2,1-2H3. The van der Waals surface area contributed by atoms with Crippen molar-refractivity contribution >= 4 is 0 Å². The molecule has 0 spiro atoms. The van der Waals surface area contributed by atoms with Gasteiger partial charge >= 0.3 is 0 Å². The first kappa shape index (κ1) is 11.6. The summed E-state index contributed by atoms with van der Waals surface area (Å²) in [5, 5.41) is 7.10. The third-order valence-electron chi connectivity index (χ3n) is 3.41. The van der Waals surface area contributed by atoms with Crippen LogP contribution in [0.2, 0.25) is 0 Å². The number of aromatic nitrogens is 1. The van der Waals surface area contributed by atoms with Gasteiger partial charge in [-0.15, -0.1) is 0 Å². The highest BCUT2D eigenvalue weighted by molar-refractivity contribution is 5.08. The van der Waals surface area contributed by atoms with Gasteiger partial charge in [0.2, 0.25) is 0 Å². The largest absolute Gasteiger partial charge is 0.316 e. The normalized spacial score (nSPS) is 24.2. The van der Waals surface area contributed by atoms with Crippen LogP contribution in [0.15, 0.2) is 24.5 Å². The third-order valence-corrected chi connectivity index (χ3v) is 3.41. The zero-order valence-electron chi connectivity index (χ0n) is 10.2. The zero-order valence-corrected chi connectivity index (χ0v) is 10.2. The van der Waals surface area contributed by atoms with Crippen molar-refractivity contribution in [2.45, 2.75) is 32.9 Å². The molecule has 1 aromatic heterocycles. The topological polar surface area (TPSA) is 37.0 Å². The molecule has 0 bridgehead atoms. The van der Waals surface area contributed by atoms with Crippen LogP contribution in [-0.2, 0) is 6.54 Å². The molecule has 3 heteroatoms. The molecule has 0 radical (unpaired) electrons. The van der Waals surface area contributed by atoms with E-state index in [1.54, 1.807) is 0 Å². The summed E-state index contributed by atoms with van der Waals surface area (Å²) in [4.78, 5) is 4.13. The molecule has 2 rings (SSSR count). The van der Waals surface area contributed by atoms with Crippen molar-refractivity contribution < 1.29 is 0 Å². The number of pyridine rings is 1. The molecule has 16 heavy (non-hydrogen) atoms. The Hall–Kier alpha value is -0.930. The average molecular weight is 219 g/mol. The van der Waals surface area contributed by atoms with E-state index in [1.807, 2.05) is 18.5 Å². The van der Waals surface area contributed by atoms with Crippen molar-refractivity contribution in [2.75, 3.05) is 13.1 Å². The average Bonchev–Trinajstić information content (AvgIpc) is 2.28. The van der Waals surface area contributed by atoms with E-state index < -0.39 is 0 Å². The second-order valence-corrected chi connectivity index (χ2v) is 5.25. The van der Waals surface area contributed by atoms with Crippen molar-refractivity contribution in [1.29, 1.82) is 0 Å². The summed E-state index contributed by atoms with van der Waals surface area (Å²) < 4.78 is 0. The Balaban J connectivity index is 1.90. The van der Waals surface area contributed by atoms with Gasteiger partial charge in [0.1, 0.15) is 0 Å². The molecule has 1 saturated heterocycles. The molecule has 2 heterocycles. The maximum absolute atomic E-state index is 4.13. The lowest BCUT2D eigenvalue weighted by atomic mass is 9.80. The molecule has 1 aliphatic heterocycles. The van der Waals surface area contributed by atoms with Crippen LogP contribution in [0.1, 0.15) is 25.8 Å². The monoisotopic (exact) mass is 219 g/mol. The fraction of sp³-hybridized carbons (Fsp3) is 0.615. The zero-order chi connectivity index (χ0) is 11.4. The molecule has 0 saturated carbocycles. The second-order valence-electron chi connectivity index (χ2n) is 5.25. The Labute approximate surface area is 97.7 Å². The molecule has 1 atom stereocenters. The van der Waals surface area contributed by atoms with E-state index >= 15 is 0 Å². The van der Waals surface area contributed by atoms with E-state index in [1.165, 1.54) is 12.0 Å². The predicted molar refractivity (Wildman–Crippen MR) is 66.1 cm³/mol. The Morgan fingerprint density at radius 2 is 2.44 bits per heavy atom. The van der Waals surface area contributed by atoms with Gasteiger partial charge in [-0.05, 0) is 30.0 Å². The van der Waals surface area contributed by atoms with Crippen LogP contribution in [0.25, 0.3) is 0 Å². The maximum atomic E-state index is 4.13. The Morgan fingerprint density at radius 3 is 3.12 bits per heavy atom. The van der Waals surface area contributed by atoms with Crippen molar-refractivity contribution in [2.24, 2.45) is 5.41 Å². The molecule has 1 unspecified atom stereocenters. The van der Waals surface area contributed by atoms with Gasteiger partial charge in [0.15, 0.2) is 0 Å². The second kappa shape index (κ2) is 4.93. The van der Waals surface area contributed by atoms with Gasteiger partial charge in [0.05, 0.1) is 0 Å². The van der Waals surface area contributed by atoms with Gasteiger partial charge in [-0.1, -0.05) is 19.9 Å². The molecule has 0 aromatic carbocycles. The SMILES string of the molecule is CC1(C)CNCCC1NCc1cccnc1. The number of hydrogen-bond acceptors (Lipinski definition) is 3. The molecule has 1 aromatic rings. The smallest absolute Gasteiger partial charge is 0.0312 e. The Kier molecular flexibility index (Phi) is 3.56. The van der Waals surface area contributed by atoms with Crippen molar-refractivity contribution in [3.05, 3.63) is 30.1 Å². The van der Waals surface area contributed by atoms with Crippen molar-refractivity contribution in [1.82, 2.24) is 15.6 Å². The summed E-state index contributed by atoms with van der Waals surface area (Å²) in [6.45, 7) is 7.77. The molecule has 2 N–H and O–H groups in total. The van der Waals surface area contributed by atoms with Gasteiger partial charge in [-0.25, -0.2) is 0 Å². The quantitative estimate of drug-likeness (QED) is 0.810.